The van der Waals surface area contributed by atoms with E-state index in [2.05, 4.69) is 48.3 Å². The van der Waals surface area contributed by atoms with E-state index < -0.39 is 0 Å². The number of amides is 1. The number of hydrogen-bond donors (Lipinski definition) is 1. The molecule has 0 saturated heterocycles. The summed E-state index contributed by atoms with van der Waals surface area (Å²) in [6.07, 6.45) is 0. The first-order valence-electron chi connectivity index (χ1n) is 8.28. The maximum absolute atomic E-state index is 12.5. The average molecular weight is 354 g/mol. The molecule has 25 heavy (non-hydrogen) atoms. The van der Waals surface area contributed by atoms with Gasteiger partial charge in [-0.15, -0.1) is 11.3 Å². The van der Waals surface area contributed by atoms with Gasteiger partial charge in [0.2, 0.25) is 0 Å². The second-order valence-corrected chi connectivity index (χ2v) is 7.11. The number of thiazole rings is 1. The Labute approximate surface area is 151 Å². The molecule has 2 aromatic heterocycles. The number of carbonyl (C=O) groups excluding carboxylic acids is 1. The van der Waals surface area contributed by atoms with Gasteiger partial charge in [0, 0.05) is 17.5 Å². The first-order chi connectivity index (χ1) is 11.9. The van der Waals surface area contributed by atoms with Crippen LogP contribution in [0.3, 0.4) is 0 Å². The standard InChI is InChI=1S/C19H22N4OS/c1-6-23-16(9-14(5)22-23)18(24)21-19-20-15(10-25-19)17-12(3)7-11(2)8-13(17)4/h7-10H,6H2,1-5H3,(H,20,21,24). The Morgan fingerprint density at radius 3 is 2.48 bits per heavy atom. The fourth-order valence-corrected chi connectivity index (χ4v) is 3.86. The second kappa shape index (κ2) is 6.80. The molecule has 0 aliphatic heterocycles. The van der Waals surface area contributed by atoms with E-state index in [1.807, 2.05) is 19.2 Å². The Bertz CT molecular complexity index is 916. The van der Waals surface area contributed by atoms with E-state index in [1.165, 1.54) is 28.0 Å². The number of aromatic nitrogens is 3. The van der Waals surface area contributed by atoms with Gasteiger partial charge in [-0.1, -0.05) is 17.7 Å². The van der Waals surface area contributed by atoms with Gasteiger partial charge in [0.25, 0.3) is 5.91 Å². The van der Waals surface area contributed by atoms with Crippen LogP contribution in [-0.4, -0.2) is 20.7 Å². The van der Waals surface area contributed by atoms with Crippen LogP contribution in [0.2, 0.25) is 0 Å². The van der Waals surface area contributed by atoms with Crippen molar-refractivity contribution in [3.05, 3.63) is 51.7 Å². The zero-order valence-electron chi connectivity index (χ0n) is 15.2. The van der Waals surface area contributed by atoms with Gasteiger partial charge in [-0.3, -0.25) is 14.8 Å². The number of rotatable bonds is 4. The molecular weight excluding hydrogens is 332 g/mol. The molecule has 0 saturated carbocycles. The van der Waals surface area contributed by atoms with E-state index in [4.69, 9.17) is 0 Å². The van der Waals surface area contributed by atoms with Crippen molar-refractivity contribution in [2.45, 2.75) is 41.2 Å². The highest BCUT2D eigenvalue weighted by atomic mass is 32.1. The van der Waals surface area contributed by atoms with Crippen molar-refractivity contribution in [1.29, 1.82) is 0 Å². The summed E-state index contributed by atoms with van der Waals surface area (Å²) in [5.74, 6) is -0.180. The Morgan fingerprint density at radius 1 is 1.16 bits per heavy atom. The Morgan fingerprint density at radius 2 is 1.84 bits per heavy atom. The van der Waals surface area contributed by atoms with Crippen molar-refractivity contribution in [2.75, 3.05) is 5.32 Å². The van der Waals surface area contributed by atoms with Crippen molar-refractivity contribution in [1.82, 2.24) is 14.8 Å². The minimum absolute atomic E-state index is 0.180. The molecule has 5 nitrogen and oxygen atoms in total. The van der Waals surface area contributed by atoms with E-state index >= 15 is 0 Å². The first-order valence-corrected chi connectivity index (χ1v) is 9.16. The zero-order chi connectivity index (χ0) is 18.1. The van der Waals surface area contributed by atoms with Crippen LogP contribution in [0, 0.1) is 27.7 Å². The molecule has 0 bridgehead atoms. The number of nitrogens with one attached hydrogen (secondary N) is 1. The topological polar surface area (TPSA) is 59.8 Å². The molecule has 0 aliphatic rings. The molecule has 1 N–H and O–H groups in total. The van der Waals surface area contributed by atoms with E-state index in [0.717, 1.165) is 17.0 Å². The lowest BCUT2D eigenvalue weighted by Gasteiger charge is -2.08. The van der Waals surface area contributed by atoms with Crippen molar-refractivity contribution >= 4 is 22.4 Å². The lowest BCUT2D eigenvalue weighted by molar-refractivity contribution is 0.101. The van der Waals surface area contributed by atoms with Crippen molar-refractivity contribution < 1.29 is 4.79 Å². The first kappa shape index (κ1) is 17.4. The monoisotopic (exact) mass is 354 g/mol. The van der Waals surface area contributed by atoms with Crippen molar-refractivity contribution in [3.8, 4) is 11.3 Å². The third-order valence-electron chi connectivity index (χ3n) is 4.09. The van der Waals surface area contributed by atoms with Crippen LogP contribution in [-0.2, 0) is 6.54 Å². The minimum Gasteiger partial charge on any atom is -0.296 e. The van der Waals surface area contributed by atoms with Gasteiger partial charge in [-0.2, -0.15) is 5.10 Å². The molecule has 3 aromatic rings. The van der Waals surface area contributed by atoms with E-state index in [0.29, 0.717) is 17.4 Å². The molecule has 0 fully saturated rings. The largest absolute Gasteiger partial charge is 0.296 e. The highest BCUT2D eigenvalue weighted by Crippen LogP contribution is 2.31. The molecule has 3 rings (SSSR count). The van der Waals surface area contributed by atoms with E-state index in [1.54, 1.807) is 10.7 Å². The van der Waals surface area contributed by atoms with E-state index in [-0.39, 0.29) is 5.91 Å². The predicted molar refractivity (Wildman–Crippen MR) is 102 cm³/mol. The zero-order valence-corrected chi connectivity index (χ0v) is 16.0. The number of hydrogen-bond acceptors (Lipinski definition) is 4. The lowest BCUT2D eigenvalue weighted by Crippen LogP contribution is -2.17. The number of carbonyl (C=O) groups is 1. The Kier molecular flexibility index (Phi) is 4.72. The summed E-state index contributed by atoms with van der Waals surface area (Å²) in [6, 6.07) is 6.10. The van der Waals surface area contributed by atoms with Gasteiger partial charge in [0.1, 0.15) is 5.69 Å². The average Bonchev–Trinajstić information content (AvgIpc) is 3.12. The molecule has 1 amide bonds. The van der Waals surface area contributed by atoms with Gasteiger partial charge < -0.3 is 0 Å². The highest BCUT2D eigenvalue weighted by molar-refractivity contribution is 7.14. The minimum atomic E-state index is -0.180. The molecule has 2 heterocycles. The summed E-state index contributed by atoms with van der Waals surface area (Å²) >= 11 is 1.44. The van der Waals surface area contributed by atoms with E-state index in [9.17, 15) is 4.79 Å². The smallest absolute Gasteiger partial charge is 0.275 e. The lowest BCUT2D eigenvalue weighted by atomic mass is 9.98. The highest BCUT2D eigenvalue weighted by Gasteiger charge is 2.16. The fraction of sp³-hybridized carbons (Fsp3) is 0.316. The third kappa shape index (κ3) is 3.49. The molecule has 0 atom stereocenters. The van der Waals surface area contributed by atoms with Gasteiger partial charge in [-0.25, -0.2) is 4.98 Å². The summed E-state index contributed by atoms with van der Waals surface area (Å²) in [7, 11) is 0. The quantitative estimate of drug-likeness (QED) is 0.750. The van der Waals surface area contributed by atoms with Gasteiger partial charge in [0.05, 0.1) is 11.4 Å². The van der Waals surface area contributed by atoms with Gasteiger partial charge in [-0.05, 0) is 51.8 Å². The molecule has 0 radical (unpaired) electrons. The molecule has 1 aromatic carbocycles. The maximum Gasteiger partial charge on any atom is 0.275 e. The Balaban J connectivity index is 1.86. The van der Waals surface area contributed by atoms with Crippen molar-refractivity contribution in [3.63, 3.8) is 0 Å². The van der Waals surface area contributed by atoms with Crippen molar-refractivity contribution in [2.24, 2.45) is 0 Å². The molecule has 0 aliphatic carbocycles. The molecule has 0 spiro atoms. The van der Waals surface area contributed by atoms with Crippen LogP contribution >= 0.6 is 11.3 Å². The third-order valence-corrected chi connectivity index (χ3v) is 4.85. The van der Waals surface area contributed by atoms with Crippen LogP contribution in [0.1, 0.15) is 39.8 Å². The molecule has 0 unspecified atom stereocenters. The van der Waals surface area contributed by atoms with Crippen LogP contribution in [0.15, 0.2) is 23.6 Å². The van der Waals surface area contributed by atoms with Crippen LogP contribution in [0.4, 0.5) is 5.13 Å². The summed E-state index contributed by atoms with van der Waals surface area (Å²) < 4.78 is 1.70. The molecule has 6 heteroatoms. The summed E-state index contributed by atoms with van der Waals surface area (Å²) in [4.78, 5) is 17.1. The van der Waals surface area contributed by atoms with Gasteiger partial charge in [0.15, 0.2) is 5.13 Å². The predicted octanol–water partition coefficient (Wildman–Crippen LogP) is 4.51. The number of benzene rings is 1. The van der Waals surface area contributed by atoms with Crippen LogP contribution < -0.4 is 5.32 Å². The van der Waals surface area contributed by atoms with Gasteiger partial charge >= 0.3 is 0 Å². The fourth-order valence-electron chi connectivity index (χ4n) is 3.16. The number of anilines is 1. The number of aryl methyl sites for hydroxylation is 5. The summed E-state index contributed by atoms with van der Waals surface area (Å²) in [5, 5.41) is 9.80. The summed E-state index contributed by atoms with van der Waals surface area (Å²) in [5.41, 5.74) is 7.05. The molecular formula is C19H22N4OS. The Hall–Kier alpha value is -2.47. The maximum atomic E-state index is 12.5. The van der Waals surface area contributed by atoms with Crippen LogP contribution in [0.25, 0.3) is 11.3 Å². The summed E-state index contributed by atoms with van der Waals surface area (Å²) in [6.45, 7) is 10.8. The van der Waals surface area contributed by atoms with Crippen LogP contribution in [0.5, 0.6) is 0 Å². The molecule has 130 valence electrons. The SMILES string of the molecule is CCn1nc(C)cc1C(=O)Nc1nc(-c2c(C)cc(C)cc2C)cs1. The normalized spacial score (nSPS) is 10.9. The second-order valence-electron chi connectivity index (χ2n) is 6.25. The number of nitrogens with zero attached hydrogens (tertiary/aromatic N) is 3.